The topological polar surface area (TPSA) is 118 Å². The Balaban J connectivity index is 0.000000150. The normalized spacial score (nSPS) is 27.6. The molecule has 3 saturated carbocycles. The highest BCUT2D eigenvalue weighted by Gasteiger charge is 2.61. The van der Waals surface area contributed by atoms with E-state index < -0.39 is 11.5 Å². The molecule has 10 nitrogen and oxygen atoms in total. The number of carbonyl (C=O) groups excluding carboxylic acids is 4. The van der Waals surface area contributed by atoms with Crippen LogP contribution in [0.2, 0.25) is 5.02 Å². The third-order valence-electron chi connectivity index (χ3n) is 17.7. The molecule has 1 spiro atoms. The summed E-state index contributed by atoms with van der Waals surface area (Å²) in [4.78, 5) is 51.2. The lowest BCUT2D eigenvalue weighted by Crippen LogP contribution is -2.51. The van der Waals surface area contributed by atoms with Crippen LogP contribution >= 0.6 is 11.6 Å². The van der Waals surface area contributed by atoms with Gasteiger partial charge in [-0.2, -0.15) is 0 Å². The monoisotopic (exact) mass is 1040 g/mol. The molecule has 0 saturated heterocycles. The van der Waals surface area contributed by atoms with Crippen LogP contribution < -0.4 is 18.9 Å². The van der Waals surface area contributed by atoms with Crippen LogP contribution in [0.1, 0.15) is 126 Å². The lowest BCUT2D eigenvalue weighted by Gasteiger charge is -2.58. The van der Waals surface area contributed by atoms with Gasteiger partial charge in [-0.25, -0.2) is 0 Å². The molecule has 1 aliphatic heterocycles. The van der Waals surface area contributed by atoms with Gasteiger partial charge in [0, 0.05) is 43.4 Å². The molecule has 0 aromatic heterocycles. The maximum absolute atomic E-state index is 13.3. The number of nitrogens with zero attached hydrogens (tertiary/aromatic N) is 1. The van der Waals surface area contributed by atoms with E-state index in [-0.39, 0.29) is 50.9 Å². The molecule has 4 aromatic rings. The average Bonchev–Trinajstić information content (AvgIpc) is 3.93. The number of methoxy groups -OCH3 is 3. The molecule has 0 radical (unpaired) electrons. The summed E-state index contributed by atoms with van der Waals surface area (Å²) in [7, 11) is 8.42. The van der Waals surface area contributed by atoms with Gasteiger partial charge in [0.05, 0.1) is 21.3 Å². The molecule has 1 heterocycles. The fourth-order valence-corrected chi connectivity index (χ4v) is 14.1. The molecule has 0 N–H and O–H groups in total. The molecule has 4 aromatic carbocycles. The predicted octanol–water partition coefficient (Wildman–Crippen LogP) is 13.5. The summed E-state index contributed by atoms with van der Waals surface area (Å²) in [6.45, 7) is 12.2. The predicted molar refractivity (Wildman–Crippen MR) is 297 cm³/mol. The fourth-order valence-electron chi connectivity index (χ4n) is 13.9. The Morgan fingerprint density at radius 2 is 1.41 bits per heavy atom. The van der Waals surface area contributed by atoms with Crippen molar-refractivity contribution in [1.29, 1.82) is 0 Å². The molecule has 3 fully saturated rings. The summed E-state index contributed by atoms with van der Waals surface area (Å²) in [5.41, 5.74) is 7.12. The number of benzene rings is 4. The van der Waals surface area contributed by atoms with Crippen LogP contribution in [-0.4, -0.2) is 82.2 Å². The van der Waals surface area contributed by atoms with E-state index in [4.69, 9.17) is 35.3 Å². The summed E-state index contributed by atoms with van der Waals surface area (Å²) in [5, 5.41) is 0.179. The van der Waals surface area contributed by atoms with Crippen molar-refractivity contribution in [3.63, 3.8) is 0 Å². The van der Waals surface area contributed by atoms with Crippen LogP contribution in [0, 0.1) is 40.4 Å². The first kappa shape index (κ1) is 55.3. The zero-order chi connectivity index (χ0) is 53.8. The van der Waals surface area contributed by atoms with Crippen molar-refractivity contribution in [3.8, 4) is 23.0 Å². The van der Waals surface area contributed by atoms with E-state index in [0.717, 1.165) is 62.2 Å². The van der Waals surface area contributed by atoms with Crippen LogP contribution in [0.3, 0.4) is 0 Å². The highest BCUT2D eigenvalue weighted by atomic mass is 35.5. The maximum atomic E-state index is 13.3. The number of carbonyl (C=O) groups is 4. The molecule has 0 amide bonds. The van der Waals surface area contributed by atoms with Crippen molar-refractivity contribution in [2.24, 2.45) is 40.4 Å². The van der Waals surface area contributed by atoms with E-state index in [1.165, 1.54) is 92.6 Å². The van der Waals surface area contributed by atoms with Gasteiger partial charge in [-0.1, -0.05) is 118 Å². The van der Waals surface area contributed by atoms with Gasteiger partial charge in [-0.15, -0.1) is 0 Å². The standard InChI is InChI=1S/C26H29NO.C21H30O2.C17H17ClO6/c1-4-25(21-11-7-5-8-12-21)26(22-13-9-6-10-14-22)23-15-17-24(18-16-23)28-20-19-27(2)3;1-13(22)17-6-7-18-16-5-4-14-12-15(23)8-10-20(14,2)19(16)9-11-21(17,18)3;1-8-5-9(19)6-12(23-4)17(8)16(20)13-10(21-2)7-11(22-3)14(18)15(13)24-17/h5-18H,4,19-20H2,1-3H3;12,16-19H,4-11H2,1-3H3;6-8H,5H2,1-4H3/b26-25-;;. The first-order valence-electron chi connectivity index (χ1n) is 26.9. The highest BCUT2D eigenvalue weighted by molar-refractivity contribution is 6.35. The Morgan fingerprint density at radius 3 is 2.03 bits per heavy atom. The number of hydrogen-bond acceptors (Lipinski definition) is 10. The van der Waals surface area contributed by atoms with Crippen molar-refractivity contribution in [2.75, 3.05) is 48.6 Å². The molecule has 0 bridgehead atoms. The van der Waals surface area contributed by atoms with Crippen molar-refractivity contribution in [3.05, 3.63) is 142 Å². The van der Waals surface area contributed by atoms with Gasteiger partial charge in [-0.05, 0) is 147 Å². The van der Waals surface area contributed by atoms with Crippen LogP contribution in [0.15, 0.2) is 114 Å². The second kappa shape index (κ2) is 23.1. The van der Waals surface area contributed by atoms with E-state index in [1.54, 1.807) is 13.8 Å². The van der Waals surface area contributed by atoms with Gasteiger partial charge < -0.3 is 28.6 Å². The first-order chi connectivity index (χ1) is 35.9. The lowest BCUT2D eigenvalue weighted by molar-refractivity contribution is -0.128. The molecular formula is C64H76ClNO9. The number of halogens is 1. The molecule has 75 heavy (non-hydrogen) atoms. The molecular weight excluding hydrogens is 962 g/mol. The minimum Gasteiger partial charge on any atom is -0.496 e. The Bertz CT molecular complexity index is 2850. The van der Waals surface area contributed by atoms with Crippen molar-refractivity contribution in [1.82, 2.24) is 4.90 Å². The van der Waals surface area contributed by atoms with Crippen molar-refractivity contribution < 1.29 is 42.9 Å². The molecule has 5 aliphatic carbocycles. The van der Waals surface area contributed by atoms with Gasteiger partial charge in [-0.3, -0.25) is 19.2 Å². The van der Waals surface area contributed by atoms with Gasteiger partial charge in [0.1, 0.15) is 40.2 Å². The Hall–Kier alpha value is -5.97. The third kappa shape index (κ3) is 10.6. The number of fused-ring (bicyclic) bond motifs is 6. The first-order valence-corrected chi connectivity index (χ1v) is 27.3. The van der Waals surface area contributed by atoms with E-state index in [2.05, 4.69) is 125 Å². The second-order valence-corrected chi connectivity index (χ2v) is 22.5. The number of ketones is 4. The van der Waals surface area contributed by atoms with Gasteiger partial charge >= 0.3 is 0 Å². The minimum absolute atomic E-state index is 0.118. The van der Waals surface area contributed by atoms with Crippen molar-refractivity contribution >= 4 is 45.9 Å². The SMILES string of the molecule is CC(=O)C1CCC2C3CCC4=CC(=O)CCC4(C)C3CCC12C.CC/C(=C(\c1ccccc1)c1ccc(OCCN(C)C)cc1)c1ccccc1.COC1=CC(=O)CC(C)C12Oc1c(Cl)c(OC)cc(OC)c1C2=O. The molecule has 398 valence electrons. The zero-order valence-electron chi connectivity index (χ0n) is 45.7. The van der Waals surface area contributed by atoms with Crippen LogP contribution in [-0.2, 0) is 19.1 Å². The van der Waals surface area contributed by atoms with Gasteiger partial charge in [0.2, 0.25) is 11.4 Å². The Labute approximate surface area is 449 Å². The Kier molecular flexibility index (Phi) is 17.0. The summed E-state index contributed by atoms with van der Waals surface area (Å²) < 4.78 is 27.8. The zero-order valence-corrected chi connectivity index (χ0v) is 46.4. The van der Waals surface area contributed by atoms with E-state index >= 15 is 0 Å². The van der Waals surface area contributed by atoms with E-state index in [9.17, 15) is 19.2 Å². The van der Waals surface area contributed by atoms with Crippen LogP contribution in [0.5, 0.6) is 23.0 Å². The number of ether oxygens (including phenoxy) is 5. The highest BCUT2D eigenvalue weighted by Crippen LogP contribution is 2.67. The fraction of sp³-hybridized carbons (Fsp3) is 0.469. The third-order valence-corrected chi connectivity index (χ3v) is 18.1. The van der Waals surface area contributed by atoms with Crippen LogP contribution in [0.4, 0.5) is 0 Å². The average molecular weight is 1040 g/mol. The van der Waals surface area contributed by atoms with Crippen LogP contribution in [0.25, 0.3) is 11.1 Å². The molecule has 10 rings (SSSR count). The number of allylic oxidation sites excluding steroid dienone is 3. The smallest absolute Gasteiger partial charge is 0.231 e. The molecule has 8 atom stereocenters. The lowest BCUT2D eigenvalue weighted by atomic mass is 9.47. The van der Waals surface area contributed by atoms with E-state index in [0.29, 0.717) is 35.6 Å². The summed E-state index contributed by atoms with van der Waals surface area (Å²) in [6, 6.07) is 31.4. The summed E-state index contributed by atoms with van der Waals surface area (Å²) in [5.74, 6) is 4.31. The molecule has 11 heteroatoms. The van der Waals surface area contributed by atoms with Crippen molar-refractivity contribution in [2.45, 2.75) is 104 Å². The number of hydrogen-bond donors (Lipinski definition) is 0. The molecule has 8 unspecified atom stereocenters. The van der Waals surface area contributed by atoms with Gasteiger partial charge in [0.25, 0.3) is 0 Å². The second-order valence-electron chi connectivity index (χ2n) is 22.1. The minimum atomic E-state index is -1.42. The van der Waals surface area contributed by atoms with E-state index in [1.807, 2.05) is 6.08 Å². The molecule has 6 aliphatic rings. The quantitative estimate of drug-likeness (QED) is 0.127. The maximum Gasteiger partial charge on any atom is 0.231 e. The number of Topliss-reactive ketones (excluding diaryl/α,β-unsaturated/α-hetero) is 2. The largest absolute Gasteiger partial charge is 0.496 e. The summed E-state index contributed by atoms with van der Waals surface area (Å²) in [6.07, 6.45) is 13.4. The van der Waals surface area contributed by atoms with Gasteiger partial charge in [0.15, 0.2) is 23.1 Å². The Morgan fingerprint density at radius 1 is 0.760 bits per heavy atom. The number of rotatable bonds is 12. The number of likely N-dealkylation sites (N-methyl/N-ethyl adjacent to an activating group) is 1. The summed E-state index contributed by atoms with van der Waals surface area (Å²) >= 11 is 6.33.